The Morgan fingerprint density at radius 1 is 1.08 bits per heavy atom. The van der Waals surface area contributed by atoms with Gasteiger partial charge >= 0.3 is 5.97 Å². The molecule has 1 aliphatic rings. The molecule has 2 aromatic rings. The lowest BCUT2D eigenvalue weighted by atomic mass is 9.63. The van der Waals surface area contributed by atoms with E-state index >= 15 is 0 Å². The number of ether oxygens (including phenoxy) is 1. The summed E-state index contributed by atoms with van der Waals surface area (Å²) in [7, 11) is 1.83. The Morgan fingerprint density at radius 2 is 1.73 bits per heavy atom. The monoisotopic (exact) mass is 353 g/mol. The molecule has 0 atom stereocenters. The lowest BCUT2D eigenvalue weighted by molar-refractivity contribution is -0.140. The summed E-state index contributed by atoms with van der Waals surface area (Å²) in [6.07, 6.45) is 2.86. The summed E-state index contributed by atoms with van der Waals surface area (Å²) in [6, 6.07) is 17.2. The van der Waals surface area contributed by atoms with Crippen molar-refractivity contribution >= 4 is 11.9 Å². The number of hydrogen-bond donors (Lipinski definition) is 1. The molecule has 0 aliphatic heterocycles. The third-order valence-electron chi connectivity index (χ3n) is 4.99. The highest BCUT2D eigenvalue weighted by Crippen LogP contribution is 2.45. The SMILES string of the molecule is CN(Cc1ccc(OCC(=O)O)cc1)C(=O)C1(c2ccccc2)CCC1. The topological polar surface area (TPSA) is 66.8 Å². The number of carbonyl (C=O) groups is 2. The molecule has 5 nitrogen and oxygen atoms in total. The van der Waals surface area contributed by atoms with Crippen LogP contribution in [-0.2, 0) is 21.5 Å². The highest BCUT2D eigenvalue weighted by atomic mass is 16.5. The second-order valence-corrected chi connectivity index (χ2v) is 6.79. The van der Waals surface area contributed by atoms with E-state index < -0.39 is 5.97 Å². The largest absolute Gasteiger partial charge is 0.482 e. The van der Waals surface area contributed by atoms with E-state index in [2.05, 4.69) is 0 Å². The number of aliphatic carboxylic acids is 1. The molecule has 0 spiro atoms. The minimum atomic E-state index is -1.01. The quantitative estimate of drug-likeness (QED) is 0.830. The van der Waals surface area contributed by atoms with Crippen molar-refractivity contribution in [1.29, 1.82) is 0 Å². The first-order chi connectivity index (χ1) is 12.5. The smallest absolute Gasteiger partial charge is 0.341 e. The number of rotatable bonds is 7. The first-order valence-electron chi connectivity index (χ1n) is 8.76. The molecule has 5 heteroatoms. The molecule has 0 unspecified atom stereocenters. The van der Waals surface area contributed by atoms with Crippen LogP contribution >= 0.6 is 0 Å². The molecule has 1 saturated carbocycles. The zero-order chi connectivity index (χ0) is 18.6. The van der Waals surface area contributed by atoms with Gasteiger partial charge in [0.2, 0.25) is 5.91 Å². The van der Waals surface area contributed by atoms with E-state index in [0.29, 0.717) is 12.3 Å². The third-order valence-corrected chi connectivity index (χ3v) is 4.99. The predicted octanol–water partition coefficient (Wildman–Crippen LogP) is 3.23. The molecular formula is C21H23NO4. The second-order valence-electron chi connectivity index (χ2n) is 6.79. The summed E-state index contributed by atoms with van der Waals surface area (Å²) in [6.45, 7) is 0.143. The average Bonchev–Trinajstić information content (AvgIpc) is 2.61. The fourth-order valence-electron chi connectivity index (χ4n) is 3.46. The number of benzene rings is 2. The van der Waals surface area contributed by atoms with Gasteiger partial charge in [0.15, 0.2) is 6.61 Å². The third kappa shape index (κ3) is 3.72. The van der Waals surface area contributed by atoms with E-state index in [-0.39, 0.29) is 17.9 Å². The molecule has 1 fully saturated rings. The summed E-state index contributed by atoms with van der Waals surface area (Å²) >= 11 is 0. The van der Waals surface area contributed by atoms with Crippen molar-refractivity contribution in [1.82, 2.24) is 4.90 Å². The summed E-state index contributed by atoms with van der Waals surface area (Å²) in [5, 5.41) is 8.64. The maximum Gasteiger partial charge on any atom is 0.341 e. The average molecular weight is 353 g/mol. The highest BCUT2D eigenvalue weighted by molar-refractivity contribution is 5.89. The van der Waals surface area contributed by atoms with E-state index in [1.54, 1.807) is 17.0 Å². The predicted molar refractivity (Wildman–Crippen MR) is 98.0 cm³/mol. The standard InChI is InChI=1S/C21H23NO4/c1-22(14-16-8-10-18(11-9-16)26-15-19(23)24)20(25)21(12-5-13-21)17-6-3-2-4-7-17/h2-4,6-11H,5,12-15H2,1H3,(H,23,24). The van der Waals surface area contributed by atoms with E-state index in [1.165, 1.54) is 0 Å². The molecular weight excluding hydrogens is 330 g/mol. The summed E-state index contributed by atoms with van der Waals surface area (Å²) in [5.74, 6) is -0.350. The van der Waals surface area contributed by atoms with Crippen LogP contribution in [0.15, 0.2) is 54.6 Å². The van der Waals surface area contributed by atoms with Crippen molar-refractivity contribution in [3.63, 3.8) is 0 Å². The van der Waals surface area contributed by atoms with Gasteiger partial charge < -0.3 is 14.7 Å². The Balaban J connectivity index is 1.66. The van der Waals surface area contributed by atoms with Crippen LogP contribution in [0.1, 0.15) is 30.4 Å². The van der Waals surface area contributed by atoms with Gasteiger partial charge in [-0.15, -0.1) is 0 Å². The molecule has 136 valence electrons. The lowest BCUT2D eigenvalue weighted by Gasteiger charge is -2.43. The minimum absolute atomic E-state index is 0.154. The summed E-state index contributed by atoms with van der Waals surface area (Å²) < 4.78 is 5.13. The van der Waals surface area contributed by atoms with Gasteiger partial charge in [0, 0.05) is 13.6 Å². The molecule has 0 aromatic heterocycles. The van der Waals surface area contributed by atoms with Gasteiger partial charge in [-0.3, -0.25) is 4.79 Å². The molecule has 1 amide bonds. The van der Waals surface area contributed by atoms with E-state index in [1.807, 2.05) is 49.5 Å². The van der Waals surface area contributed by atoms with Crippen molar-refractivity contribution in [2.24, 2.45) is 0 Å². The first-order valence-corrected chi connectivity index (χ1v) is 8.76. The number of hydrogen-bond acceptors (Lipinski definition) is 3. The zero-order valence-electron chi connectivity index (χ0n) is 14.9. The first kappa shape index (κ1) is 18.0. The van der Waals surface area contributed by atoms with Crippen LogP contribution in [0.2, 0.25) is 0 Å². The fraction of sp³-hybridized carbons (Fsp3) is 0.333. The van der Waals surface area contributed by atoms with Crippen molar-refractivity contribution in [2.45, 2.75) is 31.2 Å². The Morgan fingerprint density at radius 3 is 2.27 bits per heavy atom. The van der Waals surface area contributed by atoms with Crippen molar-refractivity contribution in [2.75, 3.05) is 13.7 Å². The van der Waals surface area contributed by atoms with E-state index in [9.17, 15) is 9.59 Å². The molecule has 0 saturated heterocycles. The Hall–Kier alpha value is -2.82. The van der Waals surface area contributed by atoms with Gasteiger partial charge in [-0.05, 0) is 36.1 Å². The van der Waals surface area contributed by atoms with Gasteiger partial charge in [-0.1, -0.05) is 48.9 Å². The van der Waals surface area contributed by atoms with Crippen LogP contribution in [0, 0.1) is 0 Å². The van der Waals surface area contributed by atoms with E-state index in [0.717, 1.165) is 30.4 Å². The van der Waals surface area contributed by atoms with Gasteiger partial charge in [0.05, 0.1) is 5.41 Å². The highest BCUT2D eigenvalue weighted by Gasteiger charge is 2.46. The molecule has 0 radical (unpaired) electrons. The van der Waals surface area contributed by atoms with Gasteiger partial charge in [0.1, 0.15) is 5.75 Å². The van der Waals surface area contributed by atoms with Crippen LogP contribution in [0.5, 0.6) is 5.75 Å². The molecule has 3 rings (SSSR count). The second kappa shape index (κ2) is 7.60. The molecule has 1 N–H and O–H groups in total. The molecule has 0 bridgehead atoms. The van der Waals surface area contributed by atoms with E-state index in [4.69, 9.17) is 9.84 Å². The number of likely N-dealkylation sites (N-methyl/N-ethyl adjacent to an activating group) is 1. The number of carboxylic acid groups (broad SMARTS) is 1. The van der Waals surface area contributed by atoms with Crippen LogP contribution in [0.25, 0.3) is 0 Å². The van der Waals surface area contributed by atoms with Crippen LogP contribution < -0.4 is 4.74 Å². The number of carbonyl (C=O) groups excluding carboxylic acids is 1. The summed E-state index contributed by atoms with van der Waals surface area (Å²) in [4.78, 5) is 25.4. The maximum absolute atomic E-state index is 13.1. The van der Waals surface area contributed by atoms with Crippen molar-refractivity contribution < 1.29 is 19.4 Å². The lowest BCUT2D eigenvalue weighted by Crippen LogP contribution is -2.49. The number of nitrogens with zero attached hydrogens (tertiary/aromatic N) is 1. The summed E-state index contributed by atoms with van der Waals surface area (Å²) in [5.41, 5.74) is 1.69. The Kier molecular flexibility index (Phi) is 5.26. The zero-order valence-corrected chi connectivity index (χ0v) is 14.9. The molecule has 0 heterocycles. The normalized spacial score (nSPS) is 15.0. The van der Waals surface area contributed by atoms with Gasteiger partial charge in [-0.25, -0.2) is 4.79 Å². The van der Waals surface area contributed by atoms with Crippen molar-refractivity contribution in [3.8, 4) is 5.75 Å². The molecule has 2 aromatic carbocycles. The van der Waals surface area contributed by atoms with Gasteiger partial charge in [-0.2, -0.15) is 0 Å². The van der Waals surface area contributed by atoms with Gasteiger partial charge in [0.25, 0.3) is 0 Å². The Bertz CT molecular complexity index is 766. The minimum Gasteiger partial charge on any atom is -0.482 e. The fourth-order valence-corrected chi connectivity index (χ4v) is 3.46. The molecule has 1 aliphatic carbocycles. The molecule has 26 heavy (non-hydrogen) atoms. The number of amides is 1. The number of carboxylic acids is 1. The Labute approximate surface area is 153 Å². The van der Waals surface area contributed by atoms with Crippen LogP contribution in [-0.4, -0.2) is 35.5 Å². The maximum atomic E-state index is 13.1. The van der Waals surface area contributed by atoms with Crippen LogP contribution in [0.4, 0.5) is 0 Å². The van der Waals surface area contributed by atoms with Crippen molar-refractivity contribution in [3.05, 3.63) is 65.7 Å². The van der Waals surface area contributed by atoms with Crippen LogP contribution in [0.3, 0.4) is 0 Å².